The quantitative estimate of drug-likeness (QED) is 0.566. The first-order valence-electron chi connectivity index (χ1n) is 3.36. The molecule has 0 fully saturated rings. The summed E-state index contributed by atoms with van der Waals surface area (Å²) in [7, 11) is -2.31. The van der Waals surface area contributed by atoms with Crippen LogP contribution in [-0.4, -0.2) is 8.42 Å². The number of hydrogen-bond acceptors (Lipinski definition) is 2. The first-order valence-corrected chi connectivity index (χ1v) is 6.56. The van der Waals surface area contributed by atoms with Gasteiger partial charge in [0.05, 0.1) is 14.8 Å². The summed E-state index contributed by atoms with van der Waals surface area (Å²) in [5, 5.41) is 0. The van der Waals surface area contributed by atoms with Crippen molar-refractivity contribution in [3.63, 3.8) is 0 Å². The molecule has 68 valence electrons. The lowest BCUT2D eigenvalue weighted by atomic mass is 10.1. The van der Waals surface area contributed by atoms with E-state index < -0.39 is 9.14 Å². The third kappa shape index (κ3) is 6.37. The molecule has 0 spiro atoms. The Hall–Kier alpha value is -0.350. The van der Waals surface area contributed by atoms with E-state index in [1.165, 1.54) is 11.1 Å². The molecule has 0 N–H and O–H groups in total. The van der Waals surface area contributed by atoms with Gasteiger partial charge in [0.2, 0.25) is 0 Å². The number of thiol groups is 1. The molecule has 2 nitrogen and oxygen atoms in total. The molecule has 1 aromatic rings. The van der Waals surface area contributed by atoms with Gasteiger partial charge in [0.25, 0.3) is 0 Å². The van der Waals surface area contributed by atoms with Crippen molar-refractivity contribution in [1.82, 2.24) is 0 Å². The molecule has 0 bridgehead atoms. The molecule has 1 aromatic carbocycles. The summed E-state index contributed by atoms with van der Waals surface area (Å²) in [6.07, 6.45) is 0. The van der Waals surface area contributed by atoms with Crippen molar-refractivity contribution in [3.05, 3.63) is 35.4 Å². The summed E-state index contributed by atoms with van der Waals surface area (Å²) in [6, 6.07) is 8.36. The average molecular weight is 251 g/mol. The summed E-state index contributed by atoms with van der Waals surface area (Å²) in [6.45, 7) is 4.24. The SMILES string of the molecule is Cc1ccccc1C.O=[SH](=O)Br. The maximum absolute atomic E-state index is 8.95. The Morgan fingerprint density at radius 3 is 1.50 bits per heavy atom. The molecule has 0 aliphatic heterocycles. The van der Waals surface area contributed by atoms with Crippen molar-refractivity contribution < 1.29 is 8.42 Å². The standard InChI is InChI=1S/C8H10.BrHO2S/c1-7-5-3-4-6-8(7)2;1-4(2)3/h3-6H,1-2H3;4H. The Labute approximate surface area is 81.8 Å². The number of halogens is 1. The molecule has 0 radical (unpaired) electrons. The van der Waals surface area contributed by atoms with E-state index in [1.807, 2.05) is 0 Å². The topological polar surface area (TPSA) is 34.1 Å². The lowest BCUT2D eigenvalue weighted by Gasteiger charge is -1.93. The van der Waals surface area contributed by atoms with E-state index >= 15 is 0 Å². The van der Waals surface area contributed by atoms with Crippen LogP contribution in [-0.2, 0) is 9.14 Å². The van der Waals surface area contributed by atoms with E-state index in [0.29, 0.717) is 0 Å². The van der Waals surface area contributed by atoms with Crippen LogP contribution in [0.1, 0.15) is 11.1 Å². The largest absolute Gasteiger partial charge is 0.220 e. The van der Waals surface area contributed by atoms with Crippen LogP contribution in [0.3, 0.4) is 0 Å². The van der Waals surface area contributed by atoms with E-state index in [1.54, 1.807) is 0 Å². The lowest BCUT2D eigenvalue weighted by Crippen LogP contribution is -1.74. The van der Waals surface area contributed by atoms with Crippen molar-refractivity contribution in [1.29, 1.82) is 0 Å². The van der Waals surface area contributed by atoms with Crippen LogP contribution in [0.15, 0.2) is 24.3 Å². The minimum atomic E-state index is -2.31. The maximum Gasteiger partial charge on any atom is 0.199 e. The summed E-state index contributed by atoms with van der Waals surface area (Å²) in [5.41, 5.74) is 2.74. The molecule has 0 saturated carbocycles. The van der Waals surface area contributed by atoms with Crippen LogP contribution in [0.2, 0.25) is 0 Å². The number of rotatable bonds is 0. The van der Waals surface area contributed by atoms with Crippen molar-refractivity contribution in [2.75, 3.05) is 0 Å². The van der Waals surface area contributed by atoms with Crippen LogP contribution in [0, 0.1) is 13.8 Å². The molecule has 0 aliphatic carbocycles. The van der Waals surface area contributed by atoms with Gasteiger partial charge >= 0.3 is 0 Å². The Morgan fingerprint density at radius 2 is 1.33 bits per heavy atom. The second kappa shape index (κ2) is 6.20. The first-order chi connectivity index (χ1) is 5.54. The third-order valence-corrected chi connectivity index (χ3v) is 1.43. The molecule has 12 heavy (non-hydrogen) atoms. The van der Waals surface area contributed by atoms with E-state index in [9.17, 15) is 0 Å². The normalized spacial score (nSPS) is 9.00. The molecule has 0 aromatic heterocycles. The highest BCUT2D eigenvalue weighted by Gasteiger charge is 1.83. The van der Waals surface area contributed by atoms with Crippen LogP contribution < -0.4 is 0 Å². The van der Waals surface area contributed by atoms with Crippen LogP contribution in [0.4, 0.5) is 0 Å². The van der Waals surface area contributed by atoms with Gasteiger partial charge in [0.15, 0.2) is 9.14 Å². The highest BCUT2D eigenvalue weighted by atomic mass is 79.9. The van der Waals surface area contributed by atoms with Gasteiger partial charge < -0.3 is 0 Å². The molecule has 0 unspecified atom stereocenters. The molecule has 4 heteroatoms. The van der Waals surface area contributed by atoms with Gasteiger partial charge in [0.1, 0.15) is 0 Å². The predicted molar refractivity (Wildman–Crippen MR) is 55.2 cm³/mol. The lowest BCUT2D eigenvalue weighted by molar-refractivity contribution is 0.627. The van der Waals surface area contributed by atoms with Crippen molar-refractivity contribution in [2.45, 2.75) is 13.8 Å². The monoisotopic (exact) mass is 250 g/mol. The minimum Gasteiger partial charge on any atom is -0.220 e. The van der Waals surface area contributed by atoms with E-state index in [2.05, 4.69) is 52.9 Å². The Morgan fingerprint density at radius 1 is 1.08 bits per heavy atom. The van der Waals surface area contributed by atoms with Gasteiger partial charge in [-0.15, -0.1) is 0 Å². The maximum atomic E-state index is 8.95. The van der Waals surface area contributed by atoms with Crippen molar-refractivity contribution in [2.24, 2.45) is 0 Å². The molecule has 1 rings (SSSR count). The van der Waals surface area contributed by atoms with Gasteiger partial charge in [-0.25, -0.2) is 8.42 Å². The fourth-order valence-electron chi connectivity index (χ4n) is 0.663. The average Bonchev–Trinajstić information content (AvgIpc) is 1.94. The van der Waals surface area contributed by atoms with Crippen molar-refractivity contribution >= 4 is 24.0 Å². The van der Waals surface area contributed by atoms with Gasteiger partial charge in [-0.3, -0.25) is 0 Å². The van der Waals surface area contributed by atoms with Crippen LogP contribution >= 0.6 is 14.8 Å². The second-order valence-electron chi connectivity index (χ2n) is 2.30. The number of benzene rings is 1. The smallest absolute Gasteiger partial charge is 0.199 e. The third-order valence-electron chi connectivity index (χ3n) is 1.43. The van der Waals surface area contributed by atoms with E-state index in [4.69, 9.17) is 8.42 Å². The Bertz CT molecular complexity index is 279. The van der Waals surface area contributed by atoms with E-state index in [0.717, 1.165) is 0 Å². The summed E-state index contributed by atoms with van der Waals surface area (Å²) < 4.78 is 17.9. The molecule has 0 atom stereocenters. The molecule has 0 amide bonds. The van der Waals surface area contributed by atoms with Crippen LogP contribution in [0.5, 0.6) is 0 Å². The molecular weight excluding hydrogens is 240 g/mol. The molecule has 0 saturated heterocycles. The summed E-state index contributed by atoms with van der Waals surface area (Å²) in [4.78, 5) is 0. The predicted octanol–water partition coefficient (Wildman–Crippen LogP) is 2.21. The summed E-state index contributed by atoms with van der Waals surface area (Å²) >= 11 is 2.22. The molecule has 0 heterocycles. The highest BCUT2D eigenvalue weighted by Crippen LogP contribution is 2.02. The minimum absolute atomic E-state index is 1.37. The zero-order valence-corrected chi connectivity index (χ0v) is 9.43. The van der Waals surface area contributed by atoms with E-state index in [-0.39, 0.29) is 0 Å². The highest BCUT2D eigenvalue weighted by molar-refractivity contribution is 9.44. The second-order valence-corrected chi connectivity index (χ2v) is 4.46. The van der Waals surface area contributed by atoms with Gasteiger partial charge in [0, 0.05) is 0 Å². The van der Waals surface area contributed by atoms with Crippen LogP contribution in [0.25, 0.3) is 0 Å². The fourth-order valence-corrected chi connectivity index (χ4v) is 0.663. The zero-order chi connectivity index (χ0) is 9.56. The zero-order valence-electron chi connectivity index (χ0n) is 6.95. The molecular formula is C8H11BrO2S. The Balaban J connectivity index is 0.000000261. The summed E-state index contributed by atoms with van der Waals surface area (Å²) in [5.74, 6) is 0. The Kier molecular flexibility index (Phi) is 6.02. The molecule has 0 aliphatic rings. The van der Waals surface area contributed by atoms with Gasteiger partial charge in [-0.2, -0.15) is 0 Å². The first kappa shape index (κ1) is 11.6. The fraction of sp³-hybridized carbons (Fsp3) is 0.250. The van der Waals surface area contributed by atoms with Gasteiger partial charge in [-0.1, -0.05) is 24.3 Å². The van der Waals surface area contributed by atoms with Crippen molar-refractivity contribution in [3.8, 4) is 0 Å². The van der Waals surface area contributed by atoms with Gasteiger partial charge in [-0.05, 0) is 25.0 Å². The number of aryl methyl sites for hydroxylation is 2. The number of hydrogen-bond donors (Lipinski definition) is 1.